The van der Waals surface area contributed by atoms with Gasteiger partial charge in [-0.05, 0) is 39.2 Å². The Balaban J connectivity index is 2.16. The summed E-state index contributed by atoms with van der Waals surface area (Å²) in [5, 5.41) is 2.49. The van der Waals surface area contributed by atoms with Crippen molar-refractivity contribution in [3.63, 3.8) is 0 Å². The van der Waals surface area contributed by atoms with Gasteiger partial charge in [-0.2, -0.15) is 0 Å². The summed E-state index contributed by atoms with van der Waals surface area (Å²) in [5.74, 6) is -1.92. The molecule has 0 unspecified atom stereocenters. The molecule has 3 atom stereocenters. The molecule has 0 spiro atoms. The van der Waals surface area contributed by atoms with Crippen molar-refractivity contribution in [2.24, 2.45) is 5.92 Å². The lowest BCUT2D eigenvalue weighted by Gasteiger charge is -2.28. The molecule has 0 aromatic heterocycles. The largest absolute Gasteiger partial charge is 0.459 e. The lowest BCUT2D eigenvalue weighted by molar-refractivity contribution is -0.154. The number of ether oxygens (including phenoxy) is 3. The maximum atomic E-state index is 13.2. The molecule has 31 heavy (non-hydrogen) atoms. The molecular weight excluding hydrogens is 404 g/mol. The lowest BCUT2D eigenvalue weighted by atomic mass is 10.0. The molecule has 170 valence electrons. The normalized spacial score (nSPS) is 19.6. The molecule has 0 saturated carbocycles. The third kappa shape index (κ3) is 6.44. The quantitative estimate of drug-likeness (QED) is 0.541. The molecule has 1 N–H and O–H groups in total. The van der Waals surface area contributed by atoms with Crippen molar-refractivity contribution in [1.82, 2.24) is 10.2 Å². The first-order valence-corrected chi connectivity index (χ1v) is 10.1. The van der Waals surface area contributed by atoms with Crippen LogP contribution in [0, 0.1) is 5.92 Å². The lowest BCUT2D eigenvalue weighted by Crippen LogP contribution is -2.56. The number of nitrogens with zero attached hydrogens (tertiary/aromatic N) is 1. The topological polar surface area (TPSA) is 111 Å². The van der Waals surface area contributed by atoms with Crippen LogP contribution in [0.4, 0.5) is 9.59 Å². The van der Waals surface area contributed by atoms with Gasteiger partial charge in [0.25, 0.3) is 5.91 Å². The molecule has 1 aromatic rings. The number of hydrogen-bond donors (Lipinski definition) is 1. The number of rotatable bonds is 6. The first kappa shape index (κ1) is 24.2. The van der Waals surface area contributed by atoms with Gasteiger partial charge in [0, 0.05) is 0 Å². The number of benzene rings is 1. The minimum atomic E-state index is -1.26. The van der Waals surface area contributed by atoms with E-state index in [2.05, 4.69) is 5.32 Å². The van der Waals surface area contributed by atoms with Crippen molar-refractivity contribution in [3.8, 4) is 0 Å². The van der Waals surface area contributed by atoms with Crippen LogP contribution in [0.3, 0.4) is 0 Å². The van der Waals surface area contributed by atoms with Gasteiger partial charge >= 0.3 is 18.2 Å². The molecule has 1 aromatic carbocycles. The van der Waals surface area contributed by atoms with Crippen LogP contribution in [0.2, 0.25) is 0 Å². The minimum Gasteiger partial charge on any atom is -0.459 e. The number of alkyl carbamates (subject to hydrolysis) is 1. The highest BCUT2D eigenvalue weighted by Crippen LogP contribution is 2.24. The second-order valence-corrected chi connectivity index (χ2v) is 8.70. The fraction of sp³-hybridized carbons (Fsp3) is 0.545. The molecule has 9 heteroatoms. The van der Waals surface area contributed by atoms with Gasteiger partial charge in [-0.1, -0.05) is 44.2 Å². The van der Waals surface area contributed by atoms with E-state index >= 15 is 0 Å². The minimum absolute atomic E-state index is 0.0110. The van der Waals surface area contributed by atoms with Crippen molar-refractivity contribution in [3.05, 3.63) is 35.9 Å². The van der Waals surface area contributed by atoms with Gasteiger partial charge in [0.05, 0.1) is 0 Å². The number of cyclic esters (lactones) is 1. The molecular formula is C22H30N2O7. The van der Waals surface area contributed by atoms with Crippen LogP contribution in [-0.4, -0.2) is 52.8 Å². The summed E-state index contributed by atoms with van der Waals surface area (Å²) < 4.78 is 15.7. The van der Waals surface area contributed by atoms with E-state index in [1.807, 2.05) is 6.07 Å². The fourth-order valence-corrected chi connectivity index (χ4v) is 3.04. The Morgan fingerprint density at radius 1 is 1.16 bits per heavy atom. The molecule has 0 bridgehead atoms. The van der Waals surface area contributed by atoms with Crippen LogP contribution in [0.5, 0.6) is 0 Å². The number of carbonyl (C=O) groups excluding carboxylic acids is 4. The first-order chi connectivity index (χ1) is 14.4. The highest BCUT2D eigenvalue weighted by Gasteiger charge is 2.50. The van der Waals surface area contributed by atoms with Crippen molar-refractivity contribution < 1.29 is 33.4 Å². The summed E-state index contributed by atoms with van der Waals surface area (Å²) in [6, 6.07) is 6.66. The number of carbonyl (C=O) groups is 4. The number of nitrogens with one attached hydrogen (secondary N) is 1. The van der Waals surface area contributed by atoms with Crippen molar-refractivity contribution in [1.29, 1.82) is 0 Å². The van der Waals surface area contributed by atoms with E-state index in [4.69, 9.17) is 14.2 Å². The average molecular weight is 434 g/mol. The summed E-state index contributed by atoms with van der Waals surface area (Å²) in [4.78, 5) is 51.2. The molecule has 1 fully saturated rings. The summed E-state index contributed by atoms with van der Waals surface area (Å²) >= 11 is 0. The van der Waals surface area contributed by atoms with Gasteiger partial charge in [-0.15, -0.1) is 0 Å². The number of esters is 1. The van der Waals surface area contributed by atoms with Crippen molar-refractivity contribution >= 4 is 24.1 Å². The molecule has 1 saturated heterocycles. The van der Waals surface area contributed by atoms with E-state index in [1.165, 1.54) is 6.92 Å². The van der Waals surface area contributed by atoms with Gasteiger partial charge in [-0.3, -0.25) is 4.79 Å². The number of hydrogen-bond acceptors (Lipinski definition) is 7. The van der Waals surface area contributed by atoms with Gasteiger partial charge in [0.2, 0.25) is 0 Å². The molecule has 1 aliphatic rings. The van der Waals surface area contributed by atoms with E-state index in [9.17, 15) is 19.2 Å². The Hall–Kier alpha value is -3.10. The predicted octanol–water partition coefficient (Wildman–Crippen LogP) is 3.02. The van der Waals surface area contributed by atoms with Crippen LogP contribution in [0.15, 0.2) is 30.3 Å². The monoisotopic (exact) mass is 434 g/mol. The van der Waals surface area contributed by atoms with Gasteiger partial charge in [-0.25, -0.2) is 19.3 Å². The molecule has 3 amide bonds. The van der Waals surface area contributed by atoms with E-state index in [1.54, 1.807) is 58.9 Å². The second kappa shape index (κ2) is 9.80. The predicted molar refractivity (Wildman–Crippen MR) is 111 cm³/mol. The Morgan fingerprint density at radius 3 is 2.32 bits per heavy atom. The van der Waals surface area contributed by atoms with Crippen LogP contribution >= 0.6 is 0 Å². The van der Waals surface area contributed by atoms with Crippen LogP contribution < -0.4 is 5.32 Å². The second-order valence-electron chi connectivity index (χ2n) is 8.70. The summed E-state index contributed by atoms with van der Waals surface area (Å²) in [5.41, 5.74) is -0.00207. The number of imide groups is 1. The zero-order valence-electron chi connectivity index (χ0n) is 18.7. The van der Waals surface area contributed by atoms with Crippen LogP contribution in [-0.2, 0) is 30.4 Å². The van der Waals surface area contributed by atoms with Gasteiger partial charge < -0.3 is 19.5 Å². The molecule has 1 aliphatic heterocycles. The highest BCUT2D eigenvalue weighted by molar-refractivity contribution is 6.02. The van der Waals surface area contributed by atoms with Crippen LogP contribution in [0.1, 0.15) is 47.1 Å². The zero-order chi connectivity index (χ0) is 23.3. The first-order valence-electron chi connectivity index (χ1n) is 10.1. The molecule has 1 heterocycles. The highest BCUT2D eigenvalue weighted by atomic mass is 16.6. The van der Waals surface area contributed by atoms with Crippen LogP contribution in [0.25, 0.3) is 0 Å². The molecule has 0 aliphatic carbocycles. The maximum absolute atomic E-state index is 13.2. The maximum Gasteiger partial charge on any atom is 0.417 e. The Kier molecular flexibility index (Phi) is 7.65. The third-order valence-electron chi connectivity index (χ3n) is 4.51. The summed E-state index contributed by atoms with van der Waals surface area (Å²) in [6.45, 7) is 9.97. The number of amides is 3. The van der Waals surface area contributed by atoms with E-state index < -0.39 is 47.9 Å². The Bertz CT molecular complexity index is 817. The van der Waals surface area contributed by atoms with Gasteiger partial charge in [0.15, 0.2) is 6.04 Å². The third-order valence-corrected chi connectivity index (χ3v) is 4.51. The zero-order valence-corrected chi connectivity index (χ0v) is 18.7. The molecule has 9 nitrogen and oxygen atoms in total. The van der Waals surface area contributed by atoms with E-state index in [0.29, 0.717) is 0 Å². The molecule has 2 rings (SSSR count). The smallest absolute Gasteiger partial charge is 0.417 e. The average Bonchev–Trinajstić information content (AvgIpc) is 2.96. The summed E-state index contributed by atoms with van der Waals surface area (Å²) in [7, 11) is 0. The Labute approximate surface area is 182 Å². The van der Waals surface area contributed by atoms with Crippen molar-refractivity contribution in [2.75, 3.05) is 0 Å². The standard InChI is InChI=1S/C22H30N2O7/c1-13(2)16(23-20(27)31-22(4,5)6)18(25)24-17(14(3)30-21(24)28)19(26)29-12-15-10-8-7-9-11-15/h7-11,13-14,16-17H,12H2,1-6H3,(H,23,27)/t14-,16-,17+/m0/s1. The SMILES string of the molecule is CC(C)[C@H](NC(=O)OC(C)(C)C)C(=O)N1C(=O)O[C@@H](C)[C@@H]1C(=O)OCc1ccccc1. The Morgan fingerprint density at radius 2 is 1.77 bits per heavy atom. The van der Waals surface area contributed by atoms with Gasteiger partial charge in [0.1, 0.15) is 24.4 Å². The molecule has 0 radical (unpaired) electrons. The van der Waals surface area contributed by atoms with E-state index in [-0.39, 0.29) is 12.5 Å². The summed E-state index contributed by atoms with van der Waals surface area (Å²) in [6.07, 6.45) is -2.66. The van der Waals surface area contributed by atoms with E-state index in [0.717, 1.165) is 10.5 Å². The fourth-order valence-electron chi connectivity index (χ4n) is 3.04. The van der Waals surface area contributed by atoms with Crippen molar-refractivity contribution in [2.45, 2.75) is 71.9 Å².